The third-order valence-corrected chi connectivity index (χ3v) is 3.74. The zero-order valence-corrected chi connectivity index (χ0v) is 14.4. The molecular weight excluding hydrogens is 322 g/mol. The molecule has 0 aliphatic rings. The standard InChI is InChI=1S/C19H21NO5/c1-12(9-13-7-8-16(24-2)17(10-13)25-3)20-18(21)14-5-4-6-15(11-14)19(22)23/h4-8,10-12H,9H2,1-3H3,(H,20,21)(H,22,23). The number of methoxy groups -OCH3 is 2. The Labute approximate surface area is 146 Å². The minimum atomic E-state index is -1.06. The summed E-state index contributed by atoms with van der Waals surface area (Å²) in [6.45, 7) is 1.88. The van der Waals surface area contributed by atoms with E-state index in [1.807, 2.05) is 25.1 Å². The largest absolute Gasteiger partial charge is 0.493 e. The van der Waals surface area contributed by atoms with Crippen LogP contribution in [0, 0.1) is 0 Å². The highest BCUT2D eigenvalue weighted by Gasteiger charge is 2.13. The molecule has 0 spiro atoms. The first-order valence-electron chi connectivity index (χ1n) is 7.79. The highest BCUT2D eigenvalue weighted by atomic mass is 16.5. The van der Waals surface area contributed by atoms with Crippen LogP contribution in [0.1, 0.15) is 33.2 Å². The predicted octanol–water partition coefficient (Wildman–Crippen LogP) is 2.76. The van der Waals surface area contributed by atoms with Crippen LogP contribution >= 0.6 is 0 Å². The lowest BCUT2D eigenvalue weighted by Gasteiger charge is -2.15. The number of hydrogen-bond acceptors (Lipinski definition) is 4. The number of benzene rings is 2. The Morgan fingerprint density at radius 2 is 1.72 bits per heavy atom. The summed E-state index contributed by atoms with van der Waals surface area (Å²) in [4.78, 5) is 23.3. The van der Waals surface area contributed by atoms with Crippen molar-refractivity contribution in [3.05, 3.63) is 59.2 Å². The number of ether oxygens (including phenoxy) is 2. The lowest BCUT2D eigenvalue weighted by molar-refractivity contribution is 0.0697. The molecule has 6 nitrogen and oxygen atoms in total. The molecule has 1 atom stereocenters. The molecule has 0 saturated carbocycles. The first-order chi connectivity index (χ1) is 11.9. The van der Waals surface area contributed by atoms with E-state index in [4.69, 9.17) is 14.6 Å². The average molecular weight is 343 g/mol. The van der Waals surface area contributed by atoms with Crippen LogP contribution in [0.2, 0.25) is 0 Å². The van der Waals surface area contributed by atoms with E-state index >= 15 is 0 Å². The molecule has 0 bridgehead atoms. The minimum absolute atomic E-state index is 0.0835. The summed E-state index contributed by atoms with van der Waals surface area (Å²) in [5, 5.41) is 11.9. The van der Waals surface area contributed by atoms with Crippen LogP contribution in [0.15, 0.2) is 42.5 Å². The van der Waals surface area contributed by atoms with E-state index in [-0.39, 0.29) is 17.5 Å². The highest BCUT2D eigenvalue weighted by molar-refractivity contribution is 5.97. The number of carboxylic acids is 1. The van der Waals surface area contributed by atoms with E-state index in [0.29, 0.717) is 23.5 Å². The number of amides is 1. The molecule has 0 saturated heterocycles. The second kappa shape index (κ2) is 8.19. The van der Waals surface area contributed by atoms with Crippen molar-refractivity contribution in [2.75, 3.05) is 14.2 Å². The Balaban J connectivity index is 2.04. The van der Waals surface area contributed by atoms with Crippen molar-refractivity contribution in [1.82, 2.24) is 5.32 Å². The van der Waals surface area contributed by atoms with Gasteiger partial charge < -0.3 is 19.9 Å². The molecule has 0 aliphatic carbocycles. The van der Waals surface area contributed by atoms with E-state index in [0.717, 1.165) is 5.56 Å². The fraction of sp³-hybridized carbons (Fsp3) is 0.263. The Bertz CT molecular complexity index is 772. The summed E-state index contributed by atoms with van der Waals surface area (Å²) in [6.07, 6.45) is 0.602. The number of hydrogen-bond donors (Lipinski definition) is 2. The molecule has 0 radical (unpaired) electrons. The fourth-order valence-electron chi connectivity index (χ4n) is 2.51. The zero-order valence-electron chi connectivity index (χ0n) is 14.4. The Kier molecular flexibility index (Phi) is 6.00. The number of carbonyl (C=O) groups excluding carboxylic acids is 1. The summed E-state index contributed by atoms with van der Waals surface area (Å²) in [6, 6.07) is 11.4. The molecule has 0 aliphatic heterocycles. The summed E-state index contributed by atoms with van der Waals surface area (Å²) in [5.41, 5.74) is 1.39. The number of nitrogens with one attached hydrogen (secondary N) is 1. The third kappa shape index (κ3) is 4.73. The third-order valence-electron chi connectivity index (χ3n) is 3.74. The Hall–Kier alpha value is -3.02. The van der Waals surface area contributed by atoms with E-state index in [9.17, 15) is 9.59 Å². The van der Waals surface area contributed by atoms with Gasteiger partial charge in [-0.15, -0.1) is 0 Å². The van der Waals surface area contributed by atoms with Gasteiger partial charge in [0.2, 0.25) is 0 Å². The second-order valence-corrected chi connectivity index (χ2v) is 5.65. The molecule has 0 aromatic heterocycles. The molecule has 132 valence electrons. The van der Waals surface area contributed by atoms with Crippen LogP contribution in [0.4, 0.5) is 0 Å². The van der Waals surface area contributed by atoms with Crippen molar-refractivity contribution in [3.8, 4) is 11.5 Å². The van der Waals surface area contributed by atoms with Crippen molar-refractivity contribution in [2.45, 2.75) is 19.4 Å². The zero-order chi connectivity index (χ0) is 18.4. The quantitative estimate of drug-likeness (QED) is 0.807. The lowest BCUT2D eigenvalue weighted by Crippen LogP contribution is -2.34. The van der Waals surface area contributed by atoms with Gasteiger partial charge in [-0.2, -0.15) is 0 Å². The summed E-state index contributed by atoms with van der Waals surface area (Å²) < 4.78 is 10.5. The van der Waals surface area contributed by atoms with Gasteiger partial charge in [-0.25, -0.2) is 4.79 Å². The molecule has 25 heavy (non-hydrogen) atoms. The maximum Gasteiger partial charge on any atom is 0.335 e. The monoisotopic (exact) mass is 343 g/mol. The van der Waals surface area contributed by atoms with E-state index < -0.39 is 5.97 Å². The summed E-state index contributed by atoms with van der Waals surface area (Å²) in [7, 11) is 3.15. The molecule has 6 heteroatoms. The van der Waals surface area contributed by atoms with Crippen molar-refractivity contribution >= 4 is 11.9 Å². The highest BCUT2D eigenvalue weighted by Crippen LogP contribution is 2.28. The van der Waals surface area contributed by atoms with Gasteiger partial charge in [-0.3, -0.25) is 4.79 Å². The van der Waals surface area contributed by atoms with Crippen LogP contribution < -0.4 is 14.8 Å². The van der Waals surface area contributed by atoms with Crippen LogP contribution in [0.25, 0.3) is 0 Å². The van der Waals surface area contributed by atoms with Gasteiger partial charge in [0.1, 0.15) is 0 Å². The molecule has 2 aromatic carbocycles. The Morgan fingerprint density at radius 1 is 1.04 bits per heavy atom. The topological polar surface area (TPSA) is 84.9 Å². The minimum Gasteiger partial charge on any atom is -0.493 e. The number of aromatic carboxylic acids is 1. The summed E-state index contributed by atoms with van der Waals surface area (Å²) >= 11 is 0. The normalized spacial score (nSPS) is 11.5. The number of carboxylic acid groups (broad SMARTS) is 1. The first-order valence-corrected chi connectivity index (χ1v) is 7.79. The molecule has 0 heterocycles. The Morgan fingerprint density at radius 3 is 2.36 bits per heavy atom. The summed E-state index contributed by atoms with van der Waals surface area (Å²) in [5.74, 6) is -0.0924. The maximum atomic E-state index is 12.3. The molecule has 1 unspecified atom stereocenters. The van der Waals surface area contributed by atoms with Crippen molar-refractivity contribution in [2.24, 2.45) is 0 Å². The number of carbonyl (C=O) groups is 2. The number of rotatable bonds is 7. The van der Waals surface area contributed by atoms with Crippen LogP contribution in [-0.4, -0.2) is 37.2 Å². The van der Waals surface area contributed by atoms with Crippen LogP contribution in [0.5, 0.6) is 11.5 Å². The molecule has 2 aromatic rings. The maximum absolute atomic E-state index is 12.3. The molecule has 1 amide bonds. The van der Waals surface area contributed by atoms with Crippen molar-refractivity contribution in [3.63, 3.8) is 0 Å². The van der Waals surface area contributed by atoms with Crippen molar-refractivity contribution in [1.29, 1.82) is 0 Å². The van der Waals surface area contributed by atoms with E-state index in [2.05, 4.69) is 5.32 Å². The fourth-order valence-corrected chi connectivity index (χ4v) is 2.51. The van der Waals surface area contributed by atoms with Gasteiger partial charge in [-0.1, -0.05) is 12.1 Å². The smallest absolute Gasteiger partial charge is 0.335 e. The predicted molar refractivity (Wildman–Crippen MR) is 93.6 cm³/mol. The van der Waals surface area contributed by atoms with Crippen LogP contribution in [0.3, 0.4) is 0 Å². The van der Waals surface area contributed by atoms with Gasteiger partial charge in [0, 0.05) is 11.6 Å². The van der Waals surface area contributed by atoms with E-state index in [1.165, 1.54) is 12.1 Å². The van der Waals surface area contributed by atoms with Gasteiger partial charge in [0.25, 0.3) is 5.91 Å². The molecule has 0 fully saturated rings. The van der Waals surface area contributed by atoms with Gasteiger partial charge in [0.15, 0.2) is 11.5 Å². The average Bonchev–Trinajstić information content (AvgIpc) is 2.61. The van der Waals surface area contributed by atoms with E-state index in [1.54, 1.807) is 26.4 Å². The lowest BCUT2D eigenvalue weighted by atomic mass is 10.1. The van der Waals surface area contributed by atoms with Crippen molar-refractivity contribution < 1.29 is 24.2 Å². The van der Waals surface area contributed by atoms with Gasteiger partial charge in [0.05, 0.1) is 19.8 Å². The van der Waals surface area contributed by atoms with Gasteiger partial charge in [-0.05, 0) is 49.2 Å². The molecule has 2 N–H and O–H groups in total. The SMILES string of the molecule is COc1ccc(CC(C)NC(=O)c2cccc(C(=O)O)c2)cc1OC. The van der Waals surface area contributed by atoms with Gasteiger partial charge >= 0.3 is 5.97 Å². The second-order valence-electron chi connectivity index (χ2n) is 5.65. The first kappa shape index (κ1) is 18.3. The molecule has 2 rings (SSSR count). The molecular formula is C19H21NO5. The van der Waals surface area contributed by atoms with Crippen LogP contribution in [-0.2, 0) is 6.42 Å².